The van der Waals surface area contributed by atoms with Crippen LogP contribution >= 0.6 is 0 Å². The standard InChI is InChI=1S/C12H17FN2O2S/c1-15-6-2-3-10(8-15)9-4-5-12(11(13)7-9)18(14,16)17/h4-5,7,10H,2-3,6,8H2,1H3,(H2,14,16,17). The molecule has 6 heteroatoms. The molecule has 0 bridgehead atoms. The zero-order chi connectivity index (χ0) is 13.3. The second kappa shape index (κ2) is 4.95. The van der Waals surface area contributed by atoms with Gasteiger partial charge in [0.1, 0.15) is 10.7 Å². The monoisotopic (exact) mass is 272 g/mol. The topological polar surface area (TPSA) is 63.4 Å². The lowest BCUT2D eigenvalue weighted by molar-refractivity contribution is 0.250. The zero-order valence-electron chi connectivity index (χ0n) is 10.3. The molecule has 1 aliphatic heterocycles. The fourth-order valence-corrected chi connectivity index (χ4v) is 3.03. The van der Waals surface area contributed by atoms with Crippen molar-refractivity contribution in [2.45, 2.75) is 23.7 Å². The molecule has 1 heterocycles. The lowest BCUT2D eigenvalue weighted by atomic mass is 9.91. The van der Waals surface area contributed by atoms with Gasteiger partial charge >= 0.3 is 0 Å². The Morgan fingerprint density at radius 3 is 2.72 bits per heavy atom. The molecule has 4 nitrogen and oxygen atoms in total. The molecule has 1 fully saturated rings. The predicted octanol–water partition coefficient (Wildman–Crippen LogP) is 1.28. The highest BCUT2D eigenvalue weighted by molar-refractivity contribution is 7.89. The Bertz CT molecular complexity index is 545. The number of rotatable bonds is 2. The van der Waals surface area contributed by atoms with E-state index in [4.69, 9.17) is 5.14 Å². The number of likely N-dealkylation sites (N-methyl/N-ethyl adjacent to an activating group) is 1. The first-order chi connectivity index (χ1) is 8.38. The largest absolute Gasteiger partial charge is 0.306 e. The Kier molecular flexibility index (Phi) is 3.70. The molecular weight excluding hydrogens is 255 g/mol. The summed E-state index contributed by atoms with van der Waals surface area (Å²) in [7, 11) is -1.95. The van der Waals surface area contributed by atoms with E-state index in [1.165, 1.54) is 12.1 Å². The number of primary sulfonamides is 1. The van der Waals surface area contributed by atoms with Gasteiger partial charge < -0.3 is 4.90 Å². The molecule has 1 atom stereocenters. The Hall–Kier alpha value is -0.980. The van der Waals surface area contributed by atoms with Gasteiger partial charge in [0.15, 0.2) is 0 Å². The molecule has 1 aromatic carbocycles. The molecule has 1 aliphatic rings. The zero-order valence-corrected chi connectivity index (χ0v) is 11.1. The van der Waals surface area contributed by atoms with Gasteiger partial charge in [0.05, 0.1) is 0 Å². The normalized spacial score (nSPS) is 22.1. The van der Waals surface area contributed by atoms with Gasteiger partial charge in [-0.2, -0.15) is 0 Å². The highest BCUT2D eigenvalue weighted by Gasteiger charge is 2.21. The van der Waals surface area contributed by atoms with Crippen molar-refractivity contribution in [1.29, 1.82) is 0 Å². The summed E-state index contributed by atoms with van der Waals surface area (Å²) in [5.74, 6) is -0.504. The van der Waals surface area contributed by atoms with Crippen molar-refractivity contribution in [2.75, 3.05) is 20.1 Å². The van der Waals surface area contributed by atoms with Gasteiger partial charge in [-0.15, -0.1) is 0 Å². The van der Waals surface area contributed by atoms with Crippen LogP contribution in [0.4, 0.5) is 4.39 Å². The number of hydrogen-bond acceptors (Lipinski definition) is 3. The van der Waals surface area contributed by atoms with Crippen molar-refractivity contribution < 1.29 is 12.8 Å². The number of halogens is 1. The van der Waals surface area contributed by atoms with Crippen molar-refractivity contribution in [2.24, 2.45) is 5.14 Å². The molecule has 0 aromatic heterocycles. The summed E-state index contributed by atoms with van der Waals surface area (Å²) in [5, 5.41) is 4.93. The van der Waals surface area contributed by atoms with Crippen LogP contribution in [0, 0.1) is 5.82 Å². The maximum atomic E-state index is 13.7. The van der Waals surface area contributed by atoms with Crippen LogP contribution in [0.3, 0.4) is 0 Å². The van der Waals surface area contributed by atoms with Crippen molar-refractivity contribution in [3.8, 4) is 0 Å². The predicted molar refractivity (Wildman–Crippen MR) is 67.2 cm³/mol. The van der Waals surface area contributed by atoms with Gasteiger partial charge in [0.2, 0.25) is 10.0 Å². The van der Waals surface area contributed by atoms with Crippen molar-refractivity contribution in [3.05, 3.63) is 29.6 Å². The Morgan fingerprint density at radius 1 is 1.44 bits per heavy atom. The summed E-state index contributed by atoms with van der Waals surface area (Å²) in [5.41, 5.74) is 0.839. The fourth-order valence-electron chi connectivity index (χ4n) is 2.44. The molecule has 1 aromatic rings. The fraction of sp³-hybridized carbons (Fsp3) is 0.500. The molecule has 0 saturated carbocycles. The van der Waals surface area contributed by atoms with E-state index in [1.54, 1.807) is 6.07 Å². The quantitative estimate of drug-likeness (QED) is 0.882. The third-order valence-corrected chi connectivity index (χ3v) is 4.30. The Morgan fingerprint density at radius 2 is 2.17 bits per heavy atom. The van der Waals surface area contributed by atoms with Crippen LogP contribution in [0.25, 0.3) is 0 Å². The van der Waals surface area contributed by atoms with E-state index in [9.17, 15) is 12.8 Å². The van der Waals surface area contributed by atoms with Crippen LogP contribution in [-0.4, -0.2) is 33.5 Å². The van der Waals surface area contributed by atoms with Gasteiger partial charge in [-0.3, -0.25) is 0 Å². The lowest BCUT2D eigenvalue weighted by Gasteiger charge is -2.30. The van der Waals surface area contributed by atoms with E-state index in [0.29, 0.717) is 0 Å². The number of nitrogens with two attached hydrogens (primary N) is 1. The Balaban J connectivity index is 2.29. The highest BCUT2D eigenvalue weighted by atomic mass is 32.2. The molecule has 2 rings (SSSR count). The molecule has 1 unspecified atom stereocenters. The van der Waals surface area contributed by atoms with Gasteiger partial charge in [0.25, 0.3) is 0 Å². The molecule has 0 radical (unpaired) electrons. The maximum Gasteiger partial charge on any atom is 0.240 e. The van der Waals surface area contributed by atoms with Crippen molar-refractivity contribution >= 4 is 10.0 Å². The second-order valence-electron chi connectivity index (χ2n) is 4.84. The summed E-state index contributed by atoms with van der Waals surface area (Å²) in [6.45, 7) is 1.92. The summed E-state index contributed by atoms with van der Waals surface area (Å²) >= 11 is 0. The van der Waals surface area contributed by atoms with E-state index in [-0.39, 0.29) is 5.92 Å². The summed E-state index contributed by atoms with van der Waals surface area (Å²) in [6.07, 6.45) is 2.07. The van der Waals surface area contributed by atoms with E-state index >= 15 is 0 Å². The molecule has 0 amide bonds. The number of nitrogens with zero attached hydrogens (tertiary/aromatic N) is 1. The smallest absolute Gasteiger partial charge is 0.240 e. The van der Waals surface area contributed by atoms with Crippen LogP contribution in [0.1, 0.15) is 24.3 Å². The number of hydrogen-bond donors (Lipinski definition) is 1. The first-order valence-electron chi connectivity index (χ1n) is 5.89. The van der Waals surface area contributed by atoms with Crippen LogP contribution in [0.2, 0.25) is 0 Å². The first-order valence-corrected chi connectivity index (χ1v) is 7.43. The van der Waals surface area contributed by atoms with E-state index in [0.717, 1.165) is 31.5 Å². The summed E-state index contributed by atoms with van der Waals surface area (Å²) < 4.78 is 36.0. The average Bonchev–Trinajstić information content (AvgIpc) is 2.27. The molecular formula is C12H17FN2O2S. The SMILES string of the molecule is CN1CCCC(c2ccc(S(N)(=O)=O)c(F)c2)C1. The van der Waals surface area contributed by atoms with Crippen LogP contribution in [-0.2, 0) is 10.0 Å². The van der Waals surface area contributed by atoms with Crippen molar-refractivity contribution in [1.82, 2.24) is 4.90 Å². The second-order valence-corrected chi connectivity index (χ2v) is 6.37. The summed E-state index contributed by atoms with van der Waals surface area (Å²) in [4.78, 5) is 1.76. The van der Waals surface area contributed by atoms with Gasteiger partial charge in [-0.25, -0.2) is 17.9 Å². The minimum atomic E-state index is -3.98. The first kappa shape index (κ1) is 13.5. The van der Waals surface area contributed by atoms with Crippen LogP contribution in [0.5, 0.6) is 0 Å². The number of benzene rings is 1. The number of sulfonamides is 1. The third kappa shape index (κ3) is 2.88. The minimum Gasteiger partial charge on any atom is -0.306 e. The number of likely N-dealkylation sites (tertiary alicyclic amines) is 1. The van der Waals surface area contributed by atoms with Crippen LogP contribution in [0.15, 0.2) is 23.1 Å². The molecule has 0 spiro atoms. The van der Waals surface area contributed by atoms with Gasteiger partial charge in [-0.1, -0.05) is 6.07 Å². The maximum absolute atomic E-state index is 13.7. The number of piperidine rings is 1. The van der Waals surface area contributed by atoms with E-state index in [1.807, 2.05) is 7.05 Å². The van der Waals surface area contributed by atoms with Gasteiger partial charge in [-0.05, 0) is 50.0 Å². The molecule has 1 saturated heterocycles. The van der Waals surface area contributed by atoms with Crippen molar-refractivity contribution in [3.63, 3.8) is 0 Å². The lowest BCUT2D eigenvalue weighted by Crippen LogP contribution is -2.30. The molecule has 100 valence electrons. The summed E-state index contributed by atoms with van der Waals surface area (Å²) in [6, 6.07) is 4.21. The average molecular weight is 272 g/mol. The van der Waals surface area contributed by atoms with Gasteiger partial charge in [0, 0.05) is 6.54 Å². The highest BCUT2D eigenvalue weighted by Crippen LogP contribution is 2.28. The molecule has 0 aliphatic carbocycles. The molecule has 18 heavy (non-hydrogen) atoms. The van der Waals surface area contributed by atoms with Crippen LogP contribution < -0.4 is 5.14 Å². The van der Waals surface area contributed by atoms with E-state index < -0.39 is 20.7 Å². The minimum absolute atomic E-state index is 0.257. The van der Waals surface area contributed by atoms with E-state index in [2.05, 4.69) is 4.90 Å². The third-order valence-electron chi connectivity index (χ3n) is 3.36. The Labute approximate surface area is 107 Å². The molecule has 2 N–H and O–H groups in total.